The molecular formula is C14H15ClN2O3. The van der Waals surface area contributed by atoms with Crippen molar-refractivity contribution < 1.29 is 14.3 Å². The molecule has 0 bridgehead atoms. The first-order valence-corrected chi connectivity index (χ1v) is 6.57. The van der Waals surface area contributed by atoms with Crippen molar-refractivity contribution in [1.82, 2.24) is 0 Å². The van der Waals surface area contributed by atoms with E-state index in [9.17, 15) is 4.79 Å². The average molecular weight is 295 g/mol. The fourth-order valence-electron chi connectivity index (χ4n) is 1.71. The van der Waals surface area contributed by atoms with Crippen LogP contribution in [0.4, 0.5) is 5.69 Å². The number of ether oxygens (including phenoxy) is 2. The zero-order chi connectivity index (χ0) is 14.4. The molecule has 0 aliphatic carbocycles. The first kappa shape index (κ1) is 14.8. The molecule has 1 saturated heterocycles. The van der Waals surface area contributed by atoms with Gasteiger partial charge in [-0.05, 0) is 18.2 Å². The van der Waals surface area contributed by atoms with Crippen molar-refractivity contribution in [3.05, 3.63) is 28.8 Å². The number of benzene rings is 1. The first-order valence-electron chi connectivity index (χ1n) is 6.19. The Hall–Kier alpha value is -1.58. The molecule has 1 unspecified atom stereocenters. The van der Waals surface area contributed by atoms with E-state index in [0.29, 0.717) is 29.5 Å². The molecule has 1 aromatic carbocycles. The minimum atomic E-state index is -0.585. The highest BCUT2D eigenvalue weighted by Gasteiger charge is 2.22. The second kappa shape index (κ2) is 7.27. The lowest BCUT2D eigenvalue weighted by Crippen LogP contribution is -2.39. The monoisotopic (exact) mass is 294 g/mol. The molecular weight excluding hydrogens is 280 g/mol. The Labute approximate surface area is 122 Å². The maximum atomic E-state index is 12.0. The highest BCUT2D eigenvalue weighted by molar-refractivity contribution is 6.31. The summed E-state index contributed by atoms with van der Waals surface area (Å²) in [4.78, 5) is 12.0. The number of hydrogen-bond acceptors (Lipinski definition) is 4. The van der Waals surface area contributed by atoms with Gasteiger partial charge in [0.2, 0.25) is 0 Å². The van der Waals surface area contributed by atoms with Crippen LogP contribution in [0.25, 0.3) is 0 Å². The van der Waals surface area contributed by atoms with Gasteiger partial charge in [0.25, 0.3) is 5.91 Å². The average Bonchev–Trinajstić information content (AvgIpc) is 2.48. The molecule has 1 atom stereocenters. The highest BCUT2D eigenvalue weighted by Crippen LogP contribution is 2.20. The highest BCUT2D eigenvalue weighted by atomic mass is 35.5. The van der Waals surface area contributed by atoms with Gasteiger partial charge in [0.1, 0.15) is 0 Å². The van der Waals surface area contributed by atoms with Crippen LogP contribution in [0.2, 0.25) is 5.02 Å². The summed E-state index contributed by atoms with van der Waals surface area (Å²) in [5.41, 5.74) is 6.55. The smallest absolute Gasteiger partial charge is 0.255 e. The summed E-state index contributed by atoms with van der Waals surface area (Å²) in [5, 5.41) is 3.27. The van der Waals surface area contributed by atoms with Crippen LogP contribution < -0.4 is 11.1 Å². The van der Waals surface area contributed by atoms with Gasteiger partial charge in [-0.2, -0.15) is 0 Å². The van der Waals surface area contributed by atoms with Crippen LogP contribution >= 0.6 is 11.6 Å². The van der Waals surface area contributed by atoms with E-state index in [1.165, 1.54) is 0 Å². The Morgan fingerprint density at radius 3 is 3.05 bits per heavy atom. The van der Waals surface area contributed by atoms with Gasteiger partial charge >= 0.3 is 0 Å². The SMILES string of the molecule is NCC#Cc1cc(NC(=O)C2COCCO2)ccc1Cl. The van der Waals surface area contributed by atoms with Gasteiger partial charge in [-0.1, -0.05) is 23.4 Å². The molecule has 1 aliphatic rings. The Morgan fingerprint density at radius 1 is 1.50 bits per heavy atom. The molecule has 0 radical (unpaired) electrons. The predicted molar refractivity (Wildman–Crippen MR) is 76.6 cm³/mol. The van der Waals surface area contributed by atoms with Gasteiger partial charge < -0.3 is 20.5 Å². The Bertz CT molecular complexity index is 545. The Morgan fingerprint density at radius 2 is 2.35 bits per heavy atom. The number of anilines is 1. The minimum absolute atomic E-state index is 0.246. The standard InChI is InChI=1S/C14H15ClN2O3/c15-12-4-3-11(8-10(12)2-1-5-16)17-14(18)13-9-19-6-7-20-13/h3-4,8,13H,5-7,9,16H2,(H,17,18). The molecule has 0 spiro atoms. The molecule has 1 aliphatic heterocycles. The van der Waals surface area contributed by atoms with Crippen molar-refractivity contribution in [2.45, 2.75) is 6.10 Å². The summed E-state index contributed by atoms with van der Waals surface area (Å²) in [6.45, 7) is 1.45. The lowest BCUT2D eigenvalue weighted by Gasteiger charge is -2.22. The van der Waals surface area contributed by atoms with E-state index in [1.54, 1.807) is 18.2 Å². The van der Waals surface area contributed by atoms with Crippen molar-refractivity contribution in [3.8, 4) is 11.8 Å². The number of amides is 1. The maximum Gasteiger partial charge on any atom is 0.255 e. The first-order chi connectivity index (χ1) is 9.70. The summed E-state index contributed by atoms with van der Waals surface area (Å²) in [7, 11) is 0. The van der Waals surface area contributed by atoms with Crippen LogP contribution in [0, 0.1) is 11.8 Å². The summed E-state index contributed by atoms with van der Waals surface area (Å²) in [6.07, 6.45) is -0.585. The molecule has 106 valence electrons. The van der Waals surface area contributed by atoms with E-state index in [1.807, 2.05) is 0 Å². The second-order valence-corrected chi connectivity index (χ2v) is 4.53. The minimum Gasteiger partial charge on any atom is -0.376 e. The van der Waals surface area contributed by atoms with Crippen molar-refractivity contribution in [1.29, 1.82) is 0 Å². The number of hydrogen-bond donors (Lipinski definition) is 2. The van der Waals surface area contributed by atoms with Crippen molar-refractivity contribution >= 4 is 23.2 Å². The number of nitrogens with two attached hydrogens (primary N) is 1. The summed E-state index contributed by atoms with van der Waals surface area (Å²) >= 11 is 6.02. The predicted octanol–water partition coefficient (Wildman–Crippen LogP) is 1.00. The van der Waals surface area contributed by atoms with Gasteiger partial charge in [-0.15, -0.1) is 0 Å². The van der Waals surface area contributed by atoms with E-state index in [2.05, 4.69) is 17.2 Å². The van der Waals surface area contributed by atoms with E-state index in [-0.39, 0.29) is 19.1 Å². The Kier molecular flexibility index (Phi) is 5.39. The third kappa shape index (κ3) is 3.95. The normalized spacial score (nSPS) is 18.0. The maximum absolute atomic E-state index is 12.0. The van der Waals surface area contributed by atoms with Gasteiger partial charge in [0.15, 0.2) is 6.10 Å². The van der Waals surface area contributed by atoms with Crippen LogP contribution in [0.15, 0.2) is 18.2 Å². The molecule has 0 aromatic heterocycles. The number of rotatable bonds is 2. The third-order valence-electron chi connectivity index (χ3n) is 2.67. The Balaban J connectivity index is 2.07. The van der Waals surface area contributed by atoms with Crippen molar-refractivity contribution in [2.24, 2.45) is 5.73 Å². The number of carbonyl (C=O) groups is 1. The molecule has 3 N–H and O–H groups in total. The number of carbonyl (C=O) groups excluding carboxylic acids is 1. The van der Waals surface area contributed by atoms with Gasteiger partial charge in [0.05, 0.1) is 31.4 Å². The lowest BCUT2D eigenvalue weighted by atomic mass is 10.2. The molecule has 2 rings (SSSR count). The molecule has 1 fully saturated rings. The molecule has 1 aromatic rings. The zero-order valence-electron chi connectivity index (χ0n) is 10.8. The largest absolute Gasteiger partial charge is 0.376 e. The molecule has 0 saturated carbocycles. The number of nitrogens with one attached hydrogen (secondary N) is 1. The van der Waals surface area contributed by atoms with E-state index in [4.69, 9.17) is 26.8 Å². The topological polar surface area (TPSA) is 73.6 Å². The quantitative estimate of drug-likeness (QED) is 0.798. The molecule has 1 heterocycles. The van der Waals surface area contributed by atoms with Crippen molar-refractivity contribution in [2.75, 3.05) is 31.7 Å². The second-order valence-electron chi connectivity index (χ2n) is 4.12. The van der Waals surface area contributed by atoms with Crippen LogP contribution in [-0.2, 0) is 14.3 Å². The molecule has 1 amide bonds. The van der Waals surface area contributed by atoms with Crippen molar-refractivity contribution in [3.63, 3.8) is 0 Å². The van der Waals surface area contributed by atoms with Crippen LogP contribution in [0.5, 0.6) is 0 Å². The lowest BCUT2D eigenvalue weighted by molar-refractivity contribution is -0.142. The zero-order valence-corrected chi connectivity index (χ0v) is 11.6. The van der Waals surface area contributed by atoms with Gasteiger partial charge in [-0.25, -0.2) is 0 Å². The summed E-state index contributed by atoms with van der Waals surface area (Å²) in [6, 6.07) is 5.08. The van der Waals surface area contributed by atoms with Crippen LogP contribution in [-0.4, -0.2) is 38.4 Å². The summed E-state index contributed by atoms with van der Waals surface area (Å²) in [5.74, 6) is 5.33. The molecule has 5 nitrogen and oxygen atoms in total. The van der Waals surface area contributed by atoms with E-state index < -0.39 is 6.10 Å². The van der Waals surface area contributed by atoms with Gasteiger partial charge in [-0.3, -0.25) is 4.79 Å². The van der Waals surface area contributed by atoms with Crippen LogP contribution in [0.1, 0.15) is 5.56 Å². The van der Waals surface area contributed by atoms with Crippen LogP contribution in [0.3, 0.4) is 0 Å². The van der Waals surface area contributed by atoms with Gasteiger partial charge in [0, 0.05) is 11.3 Å². The fourth-order valence-corrected chi connectivity index (χ4v) is 1.87. The number of halogens is 1. The fraction of sp³-hybridized carbons (Fsp3) is 0.357. The summed E-state index contributed by atoms with van der Waals surface area (Å²) < 4.78 is 10.5. The van der Waals surface area contributed by atoms with E-state index in [0.717, 1.165) is 0 Å². The molecule has 6 heteroatoms. The molecule has 20 heavy (non-hydrogen) atoms. The van der Waals surface area contributed by atoms with E-state index >= 15 is 0 Å². The third-order valence-corrected chi connectivity index (χ3v) is 3.00.